The first-order valence-electron chi connectivity index (χ1n) is 6.46. The summed E-state index contributed by atoms with van der Waals surface area (Å²) >= 11 is 5.86. The van der Waals surface area contributed by atoms with E-state index in [4.69, 9.17) is 11.6 Å². The molecule has 0 aliphatic heterocycles. The number of likely N-dealkylation sites (N-methyl/N-ethyl adjacent to an activating group) is 2. The molecule has 20 heavy (non-hydrogen) atoms. The first-order valence-corrected chi connectivity index (χ1v) is 6.84. The number of nitrogens with zero attached hydrogens (tertiary/aromatic N) is 2. The normalized spacial score (nSPS) is 10.4. The maximum atomic E-state index is 11.9. The van der Waals surface area contributed by atoms with Crippen molar-refractivity contribution in [2.24, 2.45) is 0 Å². The Morgan fingerprint density at radius 3 is 2.60 bits per heavy atom. The van der Waals surface area contributed by atoms with Crippen molar-refractivity contribution in [2.75, 3.05) is 31.5 Å². The van der Waals surface area contributed by atoms with Gasteiger partial charge in [-0.05, 0) is 25.6 Å². The van der Waals surface area contributed by atoms with Gasteiger partial charge in [0.2, 0.25) is 11.8 Å². The van der Waals surface area contributed by atoms with Crippen LogP contribution in [0.5, 0.6) is 0 Å². The molecule has 2 N–H and O–H groups in total. The Labute approximate surface area is 123 Å². The third-order valence-electron chi connectivity index (χ3n) is 2.59. The van der Waals surface area contributed by atoms with Crippen molar-refractivity contribution >= 4 is 29.1 Å². The zero-order chi connectivity index (χ0) is 15.0. The van der Waals surface area contributed by atoms with Gasteiger partial charge in [-0.15, -0.1) is 0 Å². The zero-order valence-electron chi connectivity index (χ0n) is 11.6. The minimum atomic E-state index is -0.231. The molecule has 110 valence electrons. The minimum absolute atomic E-state index is 0.0958. The molecule has 7 heteroatoms. The molecular formula is C13H19ClN4O2. The smallest absolute Gasteiger partial charge is 0.238 e. The van der Waals surface area contributed by atoms with Crippen LogP contribution in [0.1, 0.15) is 13.8 Å². The molecule has 1 heterocycles. The van der Waals surface area contributed by atoms with E-state index in [2.05, 4.69) is 15.6 Å². The summed E-state index contributed by atoms with van der Waals surface area (Å²) in [5, 5.41) is 5.62. The summed E-state index contributed by atoms with van der Waals surface area (Å²) in [6.45, 7) is 5.24. The van der Waals surface area contributed by atoms with E-state index in [1.807, 2.05) is 13.8 Å². The van der Waals surface area contributed by atoms with E-state index in [1.54, 1.807) is 23.2 Å². The zero-order valence-corrected chi connectivity index (χ0v) is 12.4. The number of nitrogens with one attached hydrogen (secondary N) is 2. The number of halogens is 1. The number of pyridine rings is 1. The predicted octanol–water partition coefficient (Wildman–Crippen LogP) is 1.13. The van der Waals surface area contributed by atoms with Gasteiger partial charge in [-0.25, -0.2) is 4.98 Å². The molecular weight excluding hydrogens is 280 g/mol. The van der Waals surface area contributed by atoms with Crippen LogP contribution in [0.25, 0.3) is 0 Å². The second-order valence-corrected chi connectivity index (χ2v) is 4.50. The molecule has 1 aromatic rings. The number of carbonyl (C=O) groups excluding carboxylic acids is 2. The summed E-state index contributed by atoms with van der Waals surface area (Å²) in [5.74, 6) is -0.326. The largest absolute Gasteiger partial charge is 0.355 e. The molecule has 0 unspecified atom stereocenters. The lowest BCUT2D eigenvalue weighted by Crippen LogP contribution is -2.41. The summed E-state index contributed by atoms with van der Waals surface area (Å²) in [6, 6.07) is 3.36. The highest BCUT2D eigenvalue weighted by molar-refractivity contribution is 6.32. The van der Waals surface area contributed by atoms with Crippen LogP contribution in [0.4, 0.5) is 5.69 Å². The molecule has 0 atom stereocenters. The van der Waals surface area contributed by atoms with Crippen molar-refractivity contribution in [3.05, 3.63) is 23.5 Å². The van der Waals surface area contributed by atoms with Gasteiger partial charge in [-0.1, -0.05) is 18.5 Å². The molecule has 0 aliphatic carbocycles. The van der Waals surface area contributed by atoms with E-state index in [-0.39, 0.29) is 30.1 Å². The van der Waals surface area contributed by atoms with Gasteiger partial charge in [0.1, 0.15) is 0 Å². The van der Waals surface area contributed by atoms with Crippen LogP contribution < -0.4 is 10.6 Å². The van der Waals surface area contributed by atoms with Gasteiger partial charge in [0.15, 0.2) is 5.15 Å². The summed E-state index contributed by atoms with van der Waals surface area (Å²) in [4.78, 5) is 29.0. The fourth-order valence-corrected chi connectivity index (χ4v) is 1.77. The highest BCUT2D eigenvalue weighted by atomic mass is 35.5. The number of aromatic nitrogens is 1. The van der Waals surface area contributed by atoms with Gasteiger partial charge >= 0.3 is 0 Å². The van der Waals surface area contributed by atoms with Crippen molar-refractivity contribution in [2.45, 2.75) is 13.8 Å². The Kier molecular flexibility index (Phi) is 6.97. The average molecular weight is 299 g/mol. The quantitative estimate of drug-likeness (QED) is 0.740. The molecule has 1 aromatic heterocycles. The van der Waals surface area contributed by atoms with E-state index < -0.39 is 0 Å². The third-order valence-corrected chi connectivity index (χ3v) is 2.89. The first-order chi connectivity index (χ1) is 9.56. The van der Waals surface area contributed by atoms with Crippen molar-refractivity contribution in [3.8, 4) is 0 Å². The number of anilines is 1. The maximum absolute atomic E-state index is 11.9. The summed E-state index contributed by atoms with van der Waals surface area (Å²) in [5.41, 5.74) is 0.466. The SMILES string of the molecule is CCNC(=O)CN(CC)CC(=O)Nc1cccnc1Cl. The Bertz CT molecular complexity index is 467. The highest BCUT2D eigenvalue weighted by Crippen LogP contribution is 2.17. The molecule has 0 saturated heterocycles. The van der Waals surface area contributed by atoms with Crippen LogP contribution in [0.15, 0.2) is 18.3 Å². The Hall–Kier alpha value is -1.66. The number of carbonyl (C=O) groups is 2. The van der Waals surface area contributed by atoms with E-state index in [0.29, 0.717) is 18.8 Å². The highest BCUT2D eigenvalue weighted by Gasteiger charge is 2.13. The van der Waals surface area contributed by atoms with Crippen LogP contribution in [0, 0.1) is 0 Å². The molecule has 0 spiro atoms. The third kappa shape index (κ3) is 5.54. The predicted molar refractivity (Wildman–Crippen MR) is 78.7 cm³/mol. The number of hydrogen-bond donors (Lipinski definition) is 2. The van der Waals surface area contributed by atoms with Crippen LogP contribution in [-0.2, 0) is 9.59 Å². The topological polar surface area (TPSA) is 74.3 Å². The number of rotatable bonds is 7. The van der Waals surface area contributed by atoms with Gasteiger partial charge < -0.3 is 10.6 Å². The summed E-state index contributed by atoms with van der Waals surface area (Å²) < 4.78 is 0. The average Bonchev–Trinajstić information content (AvgIpc) is 2.41. The van der Waals surface area contributed by atoms with Crippen LogP contribution >= 0.6 is 11.6 Å². The maximum Gasteiger partial charge on any atom is 0.238 e. The Morgan fingerprint density at radius 1 is 1.30 bits per heavy atom. The van der Waals surface area contributed by atoms with Crippen molar-refractivity contribution in [3.63, 3.8) is 0 Å². The second-order valence-electron chi connectivity index (χ2n) is 4.15. The van der Waals surface area contributed by atoms with E-state index in [9.17, 15) is 9.59 Å². The molecule has 0 aliphatic rings. The molecule has 0 aromatic carbocycles. The van der Waals surface area contributed by atoms with E-state index >= 15 is 0 Å². The standard InChI is InChI=1S/C13H19ClN4O2/c1-3-15-11(19)8-18(4-2)9-12(20)17-10-6-5-7-16-13(10)14/h5-7H,3-4,8-9H2,1-2H3,(H,15,19)(H,17,20). The summed E-state index contributed by atoms with van der Waals surface area (Å²) in [6.07, 6.45) is 1.55. The van der Waals surface area contributed by atoms with E-state index in [1.165, 1.54) is 0 Å². The molecule has 2 amide bonds. The van der Waals surface area contributed by atoms with Crippen molar-refractivity contribution in [1.82, 2.24) is 15.2 Å². The molecule has 0 bridgehead atoms. The van der Waals surface area contributed by atoms with Gasteiger partial charge in [-0.3, -0.25) is 14.5 Å². The minimum Gasteiger partial charge on any atom is -0.355 e. The molecule has 1 rings (SSSR count). The van der Waals surface area contributed by atoms with Crippen LogP contribution in [0.3, 0.4) is 0 Å². The monoisotopic (exact) mass is 298 g/mol. The number of hydrogen-bond acceptors (Lipinski definition) is 4. The molecule has 0 saturated carbocycles. The van der Waals surface area contributed by atoms with Crippen molar-refractivity contribution < 1.29 is 9.59 Å². The van der Waals surface area contributed by atoms with E-state index in [0.717, 1.165) is 0 Å². The van der Waals surface area contributed by atoms with Gasteiger partial charge in [0.25, 0.3) is 0 Å². The molecule has 6 nitrogen and oxygen atoms in total. The number of amides is 2. The molecule has 0 radical (unpaired) electrons. The van der Waals surface area contributed by atoms with Gasteiger partial charge in [0, 0.05) is 12.7 Å². The van der Waals surface area contributed by atoms with Crippen molar-refractivity contribution in [1.29, 1.82) is 0 Å². The lowest BCUT2D eigenvalue weighted by atomic mass is 10.4. The lowest BCUT2D eigenvalue weighted by molar-refractivity contribution is -0.123. The van der Waals surface area contributed by atoms with Gasteiger partial charge in [0.05, 0.1) is 18.8 Å². The fourth-order valence-electron chi connectivity index (χ4n) is 1.61. The first kappa shape index (κ1) is 16.4. The van der Waals surface area contributed by atoms with Gasteiger partial charge in [-0.2, -0.15) is 0 Å². The molecule has 0 fully saturated rings. The summed E-state index contributed by atoms with van der Waals surface area (Å²) in [7, 11) is 0. The fraction of sp³-hybridized carbons (Fsp3) is 0.462. The second kappa shape index (κ2) is 8.50. The lowest BCUT2D eigenvalue weighted by Gasteiger charge is -2.19. The Balaban J connectivity index is 2.51. The van der Waals surface area contributed by atoms with Crippen LogP contribution in [0.2, 0.25) is 5.15 Å². The Morgan fingerprint density at radius 2 is 2.00 bits per heavy atom. The van der Waals surface area contributed by atoms with Crippen LogP contribution in [-0.4, -0.2) is 47.9 Å².